The molecule has 2 saturated heterocycles. The first-order chi connectivity index (χ1) is 9.88. The highest BCUT2D eigenvalue weighted by Crippen LogP contribution is 2.24. The zero-order valence-electron chi connectivity index (χ0n) is 11.9. The van der Waals surface area contributed by atoms with E-state index in [0.717, 1.165) is 19.0 Å². The van der Waals surface area contributed by atoms with E-state index < -0.39 is 0 Å². The molecule has 1 aliphatic carbocycles. The predicted molar refractivity (Wildman–Crippen MR) is 75.6 cm³/mol. The summed E-state index contributed by atoms with van der Waals surface area (Å²) in [5.74, 6) is 0.722. The maximum Gasteiger partial charge on any atom is 0.318 e. The number of aromatic nitrogens is 2. The molecule has 6 heteroatoms. The van der Waals surface area contributed by atoms with Crippen molar-refractivity contribution in [3.05, 3.63) is 5.89 Å². The van der Waals surface area contributed by atoms with Gasteiger partial charge in [-0.2, -0.15) is 0 Å². The Morgan fingerprint density at radius 2 is 2.00 bits per heavy atom. The van der Waals surface area contributed by atoms with E-state index in [4.69, 9.17) is 4.42 Å². The van der Waals surface area contributed by atoms with E-state index in [-0.39, 0.29) is 0 Å². The van der Waals surface area contributed by atoms with Gasteiger partial charge in [-0.3, -0.25) is 4.90 Å². The van der Waals surface area contributed by atoms with Gasteiger partial charge in [0.1, 0.15) is 0 Å². The van der Waals surface area contributed by atoms with Gasteiger partial charge in [0.05, 0.1) is 6.54 Å². The maximum absolute atomic E-state index is 5.83. The van der Waals surface area contributed by atoms with Gasteiger partial charge in [0.15, 0.2) is 0 Å². The first-order valence-electron chi connectivity index (χ1n) is 7.93. The first kappa shape index (κ1) is 12.6. The SMILES string of the molecule is C1CC2CN(c3nnc(CNC4CC4)o3)CCCN2C1. The molecule has 20 heavy (non-hydrogen) atoms. The number of hydrogen-bond donors (Lipinski definition) is 1. The van der Waals surface area contributed by atoms with E-state index >= 15 is 0 Å². The van der Waals surface area contributed by atoms with Crippen LogP contribution < -0.4 is 10.2 Å². The number of anilines is 1. The molecule has 0 spiro atoms. The summed E-state index contributed by atoms with van der Waals surface area (Å²) in [6, 6.07) is 2.07. The van der Waals surface area contributed by atoms with Gasteiger partial charge < -0.3 is 14.6 Å². The second kappa shape index (κ2) is 5.33. The minimum Gasteiger partial charge on any atom is -0.407 e. The quantitative estimate of drug-likeness (QED) is 0.886. The molecule has 0 aromatic carbocycles. The van der Waals surface area contributed by atoms with E-state index in [1.54, 1.807) is 0 Å². The average Bonchev–Trinajstić information content (AvgIpc) is 3.07. The molecule has 1 aromatic heterocycles. The van der Waals surface area contributed by atoms with Crippen molar-refractivity contribution in [2.24, 2.45) is 0 Å². The summed E-state index contributed by atoms with van der Waals surface area (Å²) in [4.78, 5) is 4.90. The fourth-order valence-corrected chi connectivity index (χ4v) is 3.34. The Bertz CT molecular complexity index is 458. The molecular weight excluding hydrogens is 254 g/mol. The van der Waals surface area contributed by atoms with Crippen molar-refractivity contribution in [2.75, 3.05) is 31.1 Å². The van der Waals surface area contributed by atoms with Gasteiger partial charge in [-0.25, -0.2) is 0 Å². The Hall–Kier alpha value is -1.14. The Labute approximate surface area is 119 Å². The summed E-state index contributed by atoms with van der Waals surface area (Å²) in [6.45, 7) is 5.26. The van der Waals surface area contributed by atoms with Crippen LogP contribution in [0.4, 0.5) is 6.01 Å². The maximum atomic E-state index is 5.83. The summed E-state index contributed by atoms with van der Waals surface area (Å²) in [5, 5.41) is 11.8. The molecule has 2 aliphatic heterocycles. The third-order valence-electron chi connectivity index (χ3n) is 4.65. The average molecular weight is 277 g/mol. The largest absolute Gasteiger partial charge is 0.407 e. The summed E-state index contributed by atoms with van der Waals surface area (Å²) in [6.07, 6.45) is 6.39. The molecule has 1 atom stereocenters. The highest BCUT2D eigenvalue weighted by atomic mass is 16.4. The lowest BCUT2D eigenvalue weighted by molar-refractivity contribution is 0.272. The monoisotopic (exact) mass is 277 g/mol. The number of nitrogens with zero attached hydrogens (tertiary/aromatic N) is 4. The number of hydrogen-bond acceptors (Lipinski definition) is 6. The smallest absolute Gasteiger partial charge is 0.318 e. The second-order valence-electron chi connectivity index (χ2n) is 6.27. The molecule has 1 saturated carbocycles. The van der Waals surface area contributed by atoms with Gasteiger partial charge >= 0.3 is 6.01 Å². The van der Waals surface area contributed by atoms with Crippen LogP contribution in [-0.4, -0.2) is 53.4 Å². The van der Waals surface area contributed by atoms with Gasteiger partial charge in [-0.05, 0) is 38.6 Å². The molecule has 1 N–H and O–H groups in total. The fraction of sp³-hybridized carbons (Fsp3) is 0.857. The standard InChI is InChI=1S/C14H23N5O/c1-3-12-10-19(8-2-7-18(12)6-1)14-17-16-13(20-14)9-15-11-4-5-11/h11-12,15H,1-10H2. The van der Waals surface area contributed by atoms with Crippen LogP contribution in [0.15, 0.2) is 4.42 Å². The van der Waals surface area contributed by atoms with Crippen molar-refractivity contribution in [1.29, 1.82) is 0 Å². The molecule has 0 bridgehead atoms. The molecule has 0 radical (unpaired) electrons. The third kappa shape index (κ3) is 2.67. The van der Waals surface area contributed by atoms with Crippen molar-refractivity contribution in [2.45, 2.75) is 50.7 Å². The molecule has 1 unspecified atom stereocenters. The Morgan fingerprint density at radius 3 is 2.90 bits per heavy atom. The zero-order chi connectivity index (χ0) is 13.4. The van der Waals surface area contributed by atoms with Crippen LogP contribution in [0.2, 0.25) is 0 Å². The van der Waals surface area contributed by atoms with Gasteiger partial charge in [-0.1, -0.05) is 5.10 Å². The van der Waals surface area contributed by atoms with Crippen LogP contribution in [0.5, 0.6) is 0 Å². The van der Waals surface area contributed by atoms with Crippen LogP contribution in [0, 0.1) is 0 Å². The van der Waals surface area contributed by atoms with Crippen molar-refractivity contribution >= 4 is 6.01 Å². The number of rotatable bonds is 4. The van der Waals surface area contributed by atoms with Crippen LogP contribution >= 0.6 is 0 Å². The Kier molecular flexibility index (Phi) is 3.36. The van der Waals surface area contributed by atoms with Crippen LogP contribution in [-0.2, 0) is 6.54 Å². The van der Waals surface area contributed by atoms with Gasteiger partial charge in [0.25, 0.3) is 0 Å². The second-order valence-corrected chi connectivity index (χ2v) is 6.27. The molecule has 3 aliphatic rings. The third-order valence-corrected chi connectivity index (χ3v) is 4.65. The summed E-state index contributed by atoms with van der Waals surface area (Å²) < 4.78 is 5.83. The predicted octanol–water partition coefficient (Wildman–Crippen LogP) is 0.996. The Morgan fingerprint density at radius 1 is 1.10 bits per heavy atom. The highest BCUT2D eigenvalue weighted by molar-refractivity contribution is 5.25. The zero-order valence-corrected chi connectivity index (χ0v) is 11.9. The van der Waals surface area contributed by atoms with E-state index in [1.807, 2.05) is 0 Å². The molecule has 110 valence electrons. The number of fused-ring (bicyclic) bond motifs is 1. The lowest BCUT2D eigenvalue weighted by Crippen LogP contribution is -2.36. The fourth-order valence-electron chi connectivity index (χ4n) is 3.34. The normalized spacial score (nSPS) is 27.6. The van der Waals surface area contributed by atoms with Crippen molar-refractivity contribution in [1.82, 2.24) is 20.4 Å². The van der Waals surface area contributed by atoms with Gasteiger partial charge in [0.2, 0.25) is 5.89 Å². The molecule has 3 heterocycles. The van der Waals surface area contributed by atoms with Crippen molar-refractivity contribution in [3.63, 3.8) is 0 Å². The minimum atomic E-state index is 0.676. The highest BCUT2D eigenvalue weighted by Gasteiger charge is 2.30. The molecule has 1 aromatic rings. The van der Waals surface area contributed by atoms with Crippen molar-refractivity contribution < 1.29 is 4.42 Å². The van der Waals surface area contributed by atoms with Crippen LogP contribution in [0.3, 0.4) is 0 Å². The van der Waals surface area contributed by atoms with Gasteiger partial charge in [0, 0.05) is 31.7 Å². The molecule has 4 rings (SSSR count). The lowest BCUT2D eigenvalue weighted by Gasteiger charge is -2.24. The van der Waals surface area contributed by atoms with Gasteiger partial charge in [-0.15, -0.1) is 5.10 Å². The summed E-state index contributed by atoms with van der Waals surface area (Å²) in [5.41, 5.74) is 0. The molecule has 6 nitrogen and oxygen atoms in total. The van der Waals surface area contributed by atoms with E-state index in [9.17, 15) is 0 Å². The van der Waals surface area contributed by atoms with Crippen LogP contribution in [0.1, 0.15) is 38.0 Å². The first-order valence-corrected chi connectivity index (χ1v) is 7.93. The van der Waals surface area contributed by atoms with E-state index in [0.29, 0.717) is 24.6 Å². The summed E-state index contributed by atoms with van der Waals surface area (Å²) in [7, 11) is 0. The molecular formula is C14H23N5O. The number of nitrogens with one attached hydrogen (secondary N) is 1. The molecule has 3 fully saturated rings. The van der Waals surface area contributed by atoms with Crippen molar-refractivity contribution in [3.8, 4) is 0 Å². The van der Waals surface area contributed by atoms with Crippen LogP contribution in [0.25, 0.3) is 0 Å². The topological polar surface area (TPSA) is 57.4 Å². The van der Waals surface area contributed by atoms with E-state index in [2.05, 4.69) is 25.3 Å². The molecule has 0 amide bonds. The van der Waals surface area contributed by atoms with E-state index in [1.165, 1.54) is 45.2 Å². The lowest BCUT2D eigenvalue weighted by atomic mass is 10.2. The minimum absolute atomic E-state index is 0.676. The summed E-state index contributed by atoms with van der Waals surface area (Å²) >= 11 is 0. The Balaban J connectivity index is 1.40.